The fourth-order valence-corrected chi connectivity index (χ4v) is 4.19. The molecule has 0 rings (SSSR count). The zero-order valence-corrected chi connectivity index (χ0v) is 16.5. The Labute approximate surface area is 140 Å². The second-order valence-corrected chi connectivity index (χ2v) is 13.7. The van der Waals surface area contributed by atoms with Crippen molar-refractivity contribution in [3.8, 4) is 0 Å². The Morgan fingerprint density at radius 3 is 1.27 bits per heavy atom. The molecule has 0 saturated heterocycles. The Bertz CT molecular complexity index is 259. The lowest BCUT2D eigenvalue weighted by molar-refractivity contribution is -0.137. The summed E-state index contributed by atoms with van der Waals surface area (Å²) in [6, 6.07) is 1.50. The molecule has 0 radical (unpaired) electrons. The zero-order chi connectivity index (χ0) is 16.7. The summed E-state index contributed by atoms with van der Waals surface area (Å²) >= 11 is 0. The predicted molar refractivity (Wildman–Crippen MR) is 100 cm³/mol. The van der Waals surface area contributed by atoms with Gasteiger partial charge in [0.15, 0.2) is 0 Å². The molecule has 0 spiro atoms. The third kappa shape index (κ3) is 19.7. The van der Waals surface area contributed by atoms with Gasteiger partial charge in [0.25, 0.3) is 0 Å². The quantitative estimate of drug-likeness (QED) is 0.248. The fourth-order valence-electron chi connectivity index (χ4n) is 2.88. The highest BCUT2D eigenvalue weighted by Gasteiger charge is 2.11. The first-order chi connectivity index (χ1) is 10.4. The van der Waals surface area contributed by atoms with E-state index in [2.05, 4.69) is 19.6 Å². The topological polar surface area (TPSA) is 37.3 Å². The maximum Gasteiger partial charge on any atom is 0.303 e. The van der Waals surface area contributed by atoms with Crippen molar-refractivity contribution in [3.05, 3.63) is 0 Å². The van der Waals surface area contributed by atoms with E-state index in [0.717, 1.165) is 12.8 Å². The van der Waals surface area contributed by atoms with Gasteiger partial charge in [0, 0.05) is 14.5 Å². The Morgan fingerprint density at radius 1 is 0.636 bits per heavy atom. The minimum Gasteiger partial charge on any atom is -0.481 e. The molecule has 0 aliphatic carbocycles. The highest BCUT2D eigenvalue weighted by molar-refractivity contribution is 6.76. The highest BCUT2D eigenvalue weighted by atomic mass is 28.3. The second-order valence-electron chi connectivity index (χ2n) is 8.05. The molecular weight excluding hydrogens is 288 g/mol. The van der Waals surface area contributed by atoms with Crippen LogP contribution in [0.2, 0.25) is 25.7 Å². The lowest BCUT2D eigenvalue weighted by Crippen LogP contribution is -2.18. The summed E-state index contributed by atoms with van der Waals surface area (Å²) < 4.78 is 0. The van der Waals surface area contributed by atoms with Crippen molar-refractivity contribution in [2.24, 2.45) is 0 Å². The number of carbonyl (C=O) groups is 1. The Balaban J connectivity index is 3.04. The Morgan fingerprint density at radius 2 is 0.955 bits per heavy atom. The third-order valence-electron chi connectivity index (χ3n) is 4.32. The highest BCUT2D eigenvalue weighted by Crippen LogP contribution is 2.16. The lowest BCUT2D eigenvalue weighted by atomic mass is 10.0. The van der Waals surface area contributed by atoms with Crippen LogP contribution in [0.4, 0.5) is 0 Å². The minimum atomic E-state index is -0.795. The van der Waals surface area contributed by atoms with Crippen molar-refractivity contribution in [1.29, 1.82) is 0 Å². The maximum atomic E-state index is 10.4. The number of carboxylic acids is 1. The number of carboxylic acid groups (broad SMARTS) is 1. The molecule has 0 heterocycles. The summed E-state index contributed by atoms with van der Waals surface area (Å²) in [4.78, 5) is 10.4. The molecule has 0 amide bonds. The van der Waals surface area contributed by atoms with Crippen LogP contribution in [0.15, 0.2) is 0 Å². The standard InChI is InChI=1S/C19H40O2Si/c1-22(2,3)18-16-14-12-10-8-6-4-5-7-9-11-13-15-17-19(20)21/h4-18H2,1-3H3,(H,20,21). The van der Waals surface area contributed by atoms with Gasteiger partial charge >= 0.3 is 5.97 Å². The van der Waals surface area contributed by atoms with E-state index in [9.17, 15) is 4.79 Å². The first-order valence-electron chi connectivity index (χ1n) is 9.63. The Kier molecular flexibility index (Phi) is 14.1. The summed E-state index contributed by atoms with van der Waals surface area (Å²) in [5, 5.41) is 8.54. The van der Waals surface area contributed by atoms with Crippen LogP contribution in [0.3, 0.4) is 0 Å². The fraction of sp³-hybridized carbons (Fsp3) is 0.947. The smallest absolute Gasteiger partial charge is 0.303 e. The summed E-state index contributed by atoms with van der Waals surface area (Å²) in [7, 11) is -0.795. The first kappa shape index (κ1) is 21.7. The van der Waals surface area contributed by atoms with Gasteiger partial charge in [-0.25, -0.2) is 0 Å². The monoisotopic (exact) mass is 328 g/mol. The van der Waals surface area contributed by atoms with E-state index in [0.29, 0.717) is 6.42 Å². The maximum absolute atomic E-state index is 10.4. The van der Waals surface area contributed by atoms with Crippen molar-refractivity contribution in [2.75, 3.05) is 0 Å². The van der Waals surface area contributed by atoms with Crippen molar-refractivity contribution in [3.63, 3.8) is 0 Å². The molecule has 0 bridgehead atoms. The number of hydrogen-bond donors (Lipinski definition) is 1. The molecule has 1 N–H and O–H groups in total. The van der Waals surface area contributed by atoms with Gasteiger partial charge in [0.05, 0.1) is 0 Å². The van der Waals surface area contributed by atoms with E-state index >= 15 is 0 Å². The van der Waals surface area contributed by atoms with Gasteiger partial charge in [-0.05, 0) is 6.42 Å². The number of rotatable bonds is 16. The van der Waals surface area contributed by atoms with Gasteiger partial charge in [-0.15, -0.1) is 0 Å². The molecule has 0 atom stereocenters. The number of hydrogen-bond acceptors (Lipinski definition) is 1. The summed E-state index contributed by atoms with van der Waals surface area (Å²) in [6.07, 6.45) is 17.5. The van der Waals surface area contributed by atoms with E-state index < -0.39 is 14.0 Å². The van der Waals surface area contributed by atoms with Crippen LogP contribution in [0, 0.1) is 0 Å². The molecule has 0 aromatic heterocycles. The van der Waals surface area contributed by atoms with Gasteiger partial charge in [-0.1, -0.05) is 103 Å². The van der Waals surface area contributed by atoms with Gasteiger partial charge in [-0.3, -0.25) is 4.79 Å². The van der Waals surface area contributed by atoms with Gasteiger partial charge in [0.2, 0.25) is 0 Å². The normalized spacial score (nSPS) is 11.8. The van der Waals surface area contributed by atoms with Crippen LogP contribution in [-0.4, -0.2) is 19.1 Å². The van der Waals surface area contributed by atoms with Crippen LogP contribution < -0.4 is 0 Å². The minimum absolute atomic E-state index is 0.345. The third-order valence-corrected chi connectivity index (χ3v) is 6.17. The number of unbranched alkanes of at least 4 members (excludes halogenated alkanes) is 12. The summed E-state index contributed by atoms with van der Waals surface area (Å²) in [5.41, 5.74) is 0. The molecule has 0 aliphatic heterocycles. The first-order valence-corrected chi connectivity index (χ1v) is 13.3. The molecule has 0 saturated carbocycles. The second kappa shape index (κ2) is 14.3. The van der Waals surface area contributed by atoms with E-state index in [1.165, 1.54) is 76.7 Å². The lowest BCUT2D eigenvalue weighted by Gasteiger charge is -2.14. The predicted octanol–water partition coefficient (Wildman–Crippen LogP) is 6.87. The molecule has 22 heavy (non-hydrogen) atoms. The van der Waals surface area contributed by atoms with Crippen LogP contribution in [0.5, 0.6) is 0 Å². The molecule has 0 aliphatic rings. The summed E-state index contributed by atoms with van der Waals surface area (Å²) in [5.74, 6) is -0.652. The van der Waals surface area contributed by atoms with Crippen molar-refractivity contribution in [1.82, 2.24) is 0 Å². The van der Waals surface area contributed by atoms with E-state index in [4.69, 9.17) is 5.11 Å². The molecular formula is C19H40O2Si. The molecule has 3 heteroatoms. The van der Waals surface area contributed by atoms with E-state index in [1.807, 2.05) is 0 Å². The van der Waals surface area contributed by atoms with Crippen LogP contribution >= 0.6 is 0 Å². The van der Waals surface area contributed by atoms with Gasteiger partial charge < -0.3 is 5.11 Å². The average Bonchev–Trinajstić information content (AvgIpc) is 2.41. The molecule has 0 aromatic rings. The van der Waals surface area contributed by atoms with Crippen LogP contribution in [0.25, 0.3) is 0 Å². The van der Waals surface area contributed by atoms with Crippen molar-refractivity contribution in [2.45, 2.75) is 116 Å². The van der Waals surface area contributed by atoms with Crippen LogP contribution in [0.1, 0.15) is 89.9 Å². The van der Waals surface area contributed by atoms with Gasteiger partial charge in [-0.2, -0.15) is 0 Å². The van der Waals surface area contributed by atoms with E-state index in [-0.39, 0.29) is 0 Å². The molecule has 132 valence electrons. The van der Waals surface area contributed by atoms with Gasteiger partial charge in [0.1, 0.15) is 0 Å². The molecule has 2 nitrogen and oxygen atoms in total. The van der Waals surface area contributed by atoms with E-state index in [1.54, 1.807) is 0 Å². The Hall–Kier alpha value is -0.313. The van der Waals surface area contributed by atoms with Crippen molar-refractivity contribution < 1.29 is 9.90 Å². The van der Waals surface area contributed by atoms with Crippen molar-refractivity contribution >= 4 is 14.0 Å². The molecule has 0 aromatic carbocycles. The SMILES string of the molecule is C[Si](C)(C)CCCCCCCCCCCCCCCC(=O)O. The summed E-state index contributed by atoms with van der Waals surface area (Å²) in [6.45, 7) is 7.41. The average molecular weight is 329 g/mol. The molecule has 0 fully saturated rings. The largest absolute Gasteiger partial charge is 0.481 e. The number of aliphatic carboxylic acids is 1. The van der Waals surface area contributed by atoms with Crippen LogP contribution in [-0.2, 0) is 4.79 Å². The zero-order valence-electron chi connectivity index (χ0n) is 15.5. The molecule has 0 unspecified atom stereocenters.